The number of hydrogen-bond acceptors (Lipinski definition) is 3. The molecule has 0 radical (unpaired) electrons. The molecule has 21 heavy (non-hydrogen) atoms. The molecule has 2 saturated heterocycles. The normalized spacial score (nSPS) is 22.5. The maximum absolute atomic E-state index is 12.3. The molecule has 2 aliphatic rings. The third kappa shape index (κ3) is 3.37. The van der Waals surface area contributed by atoms with Crippen LogP contribution in [-0.4, -0.2) is 54.0 Å². The summed E-state index contributed by atoms with van der Waals surface area (Å²) < 4.78 is 0. The summed E-state index contributed by atoms with van der Waals surface area (Å²) in [5.74, 6) is 0.215. The van der Waals surface area contributed by atoms with Gasteiger partial charge in [-0.1, -0.05) is 6.07 Å². The first-order chi connectivity index (χ1) is 10.2. The first kappa shape index (κ1) is 14.4. The molecular formula is C15H21N3O2S. The summed E-state index contributed by atoms with van der Waals surface area (Å²) >= 11 is 1.70. The number of rotatable bonds is 4. The van der Waals surface area contributed by atoms with Crippen LogP contribution in [0.2, 0.25) is 0 Å². The molecule has 1 atom stereocenters. The Labute approximate surface area is 128 Å². The molecule has 0 bridgehead atoms. The van der Waals surface area contributed by atoms with Crippen molar-refractivity contribution in [2.24, 2.45) is 0 Å². The zero-order valence-corrected chi connectivity index (χ0v) is 12.9. The summed E-state index contributed by atoms with van der Waals surface area (Å²) in [5.41, 5.74) is 0. The molecule has 0 saturated carbocycles. The van der Waals surface area contributed by atoms with E-state index in [0.717, 1.165) is 38.9 Å². The van der Waals surface area contributed by atoms with Crippen molar-refractivity contribution in [3.8, 4) is 0 Å². The van der Waals surface area contributed by atoms with Gasteiger partial charge in [-0.25, -0.2) is 4.79 Å². The zero-order chi connectivity index (χ0) is 14.7. The van der Waals surface area contributed by atoms with Crippen molar-refractivity contribution in [2.75, 3.05) is 26.2 Å². The molecule has 0 spiro atoms. The monoisotopic (exact) mass is 307 g/mol. The number of thiophene rings is 1. The predicted molar refractivity (Wildman–Crippen MR) is 82.3 cm³/mol. The molecule has 3 amide bonds. The van der Waals surface area contributed by atoms with Gasteiger partial charge in [-0.05, 0) is 30.7 Å². The first-order valence-electron chi connectivity index (χ1n) is 7.58. The highest BCUT2D eigenvalue weighted by Gasteiger charge is 2.32. The Bertz CT molecular complexity index is 503. The fourth-order valence-corrected chi connectivity index (χ4v) is 3.82. The van der Waals surface area contributed by atoms with Crippen molar-refractivity contribution in [1.82, 2.24) is 15.1 Å². The molecule has 1 N–H and O–H groups in total. The summed E-state index contributed by atoms with van der Waals surface area (Å²) in [5, 5.41) is 4.88. The number of hydrogen-bond donors (Lipinski definition) is 1. The largest absolute Gasteiger partial charge is 0.341 e. The Morgan fingerprint density at radius 3 is 3.05 bits per heavy atom. The maximum Gasteiger partial charge on any atom is 0.317 e. The summed E-state index contributed by atoms with van der Waals surface area (Å²) in [7, 11) is 0. The van der Waals surface area contributed by atoms with E-state index in [-0.39, 0.29) is 18.0 Å². The lowest BCUT2D eigenvalue weighted by atomic mass is 10.0. The van der Waals surface area contributed by atoms with E-state index in [1.807, 2.05) is 21.2 Å². The zero-order valence-electron chi connectivity index (χ0n) is 12.1. The highest BCUT2D eigenvalue weighted by molar-refractivity contribution is 7.09. The van der Waals surface area contributed by atoms with Crippen molar-refractivity contribution in [1.29, 1.82) is 0 Å². The Morgan fingerprint density at radius 1 is 1.43 bits per heavy atom. The number of piperidine rings is 1. The van der Waals surface area contributed by atoms with Crippen LogP contribution >= 0.6 is 11.3 Å². The molecule has 6 heteroatoms. The minimum Gasteiger partial charge on any atom is -0.341 e. The van der Waals surface area contributed by atoms with E-state index in [4.69, 9.17) is 0 Å². The van der Waals surface area contributed by atoms with Crippen molar-refractivity contribution in [2.45, 2.75) is 31.7 Å². The SMILES string of the molecule is O=C(CCc1cccs1)N1CCC[C@H](N2CCNC2=O)C1. The number of likely N-dealkylation sites (tertiary alicyclic amines) is 1. The van der Waals surface area contributed by atoms with Gasteiger partial charge in [0.2, 0.25) is 5.91 Å². The highest BCUT2D eigenvalue weighted by Crippen LogP contribution is 2.19. The number of nitrogens with one attached hydrogen (secondary N) is 1. The van der Waals surface area contributed by atoms with Gasteiger partial charge in [0.05, 0.1) is 6.04 Å². The van der Waals surface area contributed by atoms with Crippen molar-refractivity contribution in [3.63, 3.8) is 0 Å². The Balaban J connectivity index is 1.52. The van der Waals surface area contributed by atoms with Crippen molar-refractivity contribution in [3.05, 3.63) is 22.4 Å². The van der Waals surface area contributed by atoms with E-state index in [1.54, 1.807) is 11.3 Å². The lowest BCUT2D eigenvalue weighted by Gasteiger charge is -2.37. The van der Waals surface area contributed by atoms with Gasteiger partial charge in [-0.2, -0.15) is 0 Å². The Kier molecular flexibility index (Phi) is 4.43. The van der Waals surface area contributed by atoms with Crippen LogP contribution < -0.4 is 5.32 Å². The minimum absolute atomic E-state index is 0.0212. The van der Waals surface area contributed by atoms with Gasteiger partial charge < -0.3 is 15.1 Å². The third-order valence-electron chi connectivity index (χ3n) is 4.25. The summed E-state index contributed by atoms with van der Waals surface area (Å²) in [4.78, 5) is 29.2. The number of amides is 3. The smallest absolute Gasteiger partial charge is 0.317 e. The van der Waals surface area contributed by atoms with Crippen LogP contribution in [0.4, 0.5) is 4.79 Å². The third-order valence-corrected chi connectivity index (χ3v) is 5.18. The van der Waals surface area contributed by atoms with Gasteiger partial charge in [-0.15, -0.1) is 11.3 Å². The molecule has 5 nitrogen and oxygen atoms in total. The molecule has 3 rings (SSSR count). The van der Waals surface area contributed by atoms with E-state index < -0.39 is 0 Å². The molecule has 114 valence electrons. The Hall–Kier alpha value is -1.56. The predicted octanol–water partition coefficient (Wildman–Crippen LogP) is 1.70. The standard InChI is InChI=1S/C15H21N3O2S/c19-14(6-5-13-4-2-10-21-13)17-8-1-3-12(11-17)18-9-7-16-15(18)20/h2,4,10,12H,1,3,5-9,11H2,(H,16,20)/t12-/m0/s1. The van der Waals surface area contributed by atoms with Crippen molar-refractivity contribution < 1.29 is 9.59 Å². The fraction of sp³-hybridized carbons (Fsp3) is 0.600. The molecule has 0 aromatic carbocycles. The van der Waals surface area contributed by atoms with E-state index in [1.165, 1.54) is 4.88 Å². The van der Waals surface area contributed by atoms with Crippen LogP contribution in [0.25, 0.3) is 0 Å². The molecule has 0 unspecified atom stereocenters. The average molecular weight is 307 g/mol. The number of urea groups is 1. The number of aryl methyl sites for hydroxylation is 1. The number of nitrogens with zero attached hydrogens (tertiary/aromatic N) is 2. The van der Waals surface area contributed by atoms with Gasteiger partial charge in [0, 0.05) is 37.5 Å². The minimum atomic E-state index is 0.0212. The molecule has 3 heterocycles. The van der Waals surface area contributed by atoms with E-state index in [2.05, 4.69) is 11.4 Å². The second kappa shape index (κ2) is 6.47. The maximum atomic E-state index is 12.3. The van der Waals surface area contributed by atoms with Gasteiger partial charge in [0.25, 0.3) is 0 Å². The quantitative estimate of drug-likeness (QED) is 0.920. The van der Waals surface area contributed by atoms with Crippen LogP contribution in [0.15, 0.2) is 17.5 Å². The van der Waals surface area contributed by atoms with Crippen LogP contribution in [-0.2, 0) is 11.2 Å². The second-order valence-corrected chi connectivity index (χ2v) is 6.67. The van der Waals surface area contributed by atoms with Gasteiger partial charge in [0.15, 0.2) is 0 Å². The Morgan fingerprint density at radius 2 is 2.33 bits per heavy atom. The number of carbonyl (C=O) groups excluding carboxylic acids is 2. The summed E-state index contributed by atoms with van der Waals surface area (Å²) in [6.45, 7) is 3.01. The van der Waals surface area contributed by atoms with Crippen LogP contribution in [0.1, 0.15) is 24.1 Å². The van der Waals surface area contributed by atoms with E-state index in [9.17, 15) is 9.59 Å². The lowest BCUT2D eigenvalue weighted by molar-refractivity contribution is -0.133. The van der Waals surface area contributed by atoms with Gasteiger partial charge in [0.1, 0.15) is 0 Å². The number of carbonyl (C=O) groups is 2. The molecule has 0 aliphatic carbocycles. The molecule has 2 fully saturated rings. The van der Waals surface area contributed by atoms with E-state index >= 15 is 0 Å². The fourth-order valence-electron chi connectivity index (χ4n) is 3.11. The summed E-state index contributed by atoms with van der Waals surface area (Å²) in [6.07, 6.45) is 3.38. The van der Waals surface area contributed by atoms with Crippen molar-refractivity contribution >= 4 is 23.3 Å². The first-order valence-corrected chi connectivity index (χ1v) is 8.46. The van der Waals surface area contributed by atoms with Gasteiger partial charge >= 0.3 is 6.03 Å². The molecular weight excluding hydrogens is 286 g/mol. The molecule has 2 aliphatic heterocycles. The van der Waals surface area contributed by atoms with Crippen LogP contribution in [0, 0.1) is 0 Å². The molecule has 1 aromatic heterocycles. The average Bonchev–Trinajstić information content (AvgIpc) is 3.16. The van der Waals surface area contributed by atoms with Gasteiger partial charge in [-0.3, -0.25) is 4.79 Å². The summed E-state index contributed by atoms with van der Waals surface area (Å²) in [6, 6.07) is 4.30. The van der Waals surface area contributed by atoms with Crippen LogP contribution in [0.5, 0.6) is 0 Å². The molecule has 1 aromatic rings. The van der Waals surface area contributed by atoms with E-state index in [0.29, 0.717) is 13.0 Å². The lowest BCUT2D eigenvalue weighted by Crippen LogP contribution is -2.50. The highest BCUT2D eigenvalue weighted by atomic mass is 32.1. The van der Waals surface area contributed by atoms with Crippen LogP contribution in [0.3, 0.4) is 0 Å². The topological polar surface area (TPSA) is 52.7 Å². The second-order valence-electron chi connectivity index (χ2n) is 5.64.